The van der Waals surface area contributed by atoms with E-state index < -0.39 is 6.04 Å². The zero-order chi connectivity index (χ0) is 19.4. The van der Waals surface area contributed by atoms with Gasteiger partial charge in [0.2, 0.25) is 5.91 Å². The van der Waals surface area contributed by atoms with Crippen molar-refractivity contribution in [1.82, 2.24) is 10.0 Å². The van der Waals surface area contributed by atoms with Crippen LogP contribution in [0.2, 0.25) is 0 Å². The third kappa shape index (κ3) is 2.41. The maximum atomic E-state index is 13.5. The minimum Gasteiger partial charge on any atom is -0.497 e. The molecule has 0 bridgehead atoms. The predicted octanol–water partition coefficient (Wildman–Crippen LogP) is 2.54. The minimum absolute atomic E-state index is 0.0900. The highest BCUT2D eigenvalue weighted by Gasteiger charge is 2.62. The molecule has 5 rings (SSSR count). The maximum Gasteiger partial charge on any atom is 0.253 e. The van der Waals surface area contributed by atoms with Crippen molar-refractivity contribution < 1.29 is 14.3 Å². The van der Waals surface area contributed by atoms with Crippen LogP contribution in [0.15, 0.2) is 48.5 Å². The van der Waals surface area contributed by atoms with Crippen molar-refractivity contribution in [3.63, 3.8) is 0 Å². The molecule has 0 spiro atoms. The molecule has 6 nitrogen and oxygen atoms in total. The second-order valence-electron chi connectivity index (χ2n) is 7.72. The van der Waals surface area contributed by atoms with Gasteiger partial charge in [0.1, 0.15) is 11.8 Å². The topological polar surface area (TPSA) is 53.1 Å². The number of amides is 2. The Labute approximate surface area is 164 Å². The number of hydrogen-bond acceptors (Lipinski definition) is 5. The molecule has 3 saturated heterocycles. The molecular formula is C22H23N3O3. The lowest BCUT2D eigenvalue weighted by Gasteiger charge is -2.29. The second-order valence-corrected chi connectivity index (χ2v) is 7.72. The smallest absolute Gasteiger partial charge is 0.253 e. The number of imide groups is 1. The highest BCUT2D eigenvalue weighted by Crippen LogP contribution is 2.48. The van der Waals surface area contributed by atoms with E-state index in [9.17, 15) is 9.59 Å². The van der Waals surface area contributed by atoms with Gasteiger partial charge in [-0.05, 0) is 43.2 Å². The quantitative estimate of drug-likeness (QED) is 0.770. The largest absolute Gasteiger partial charge is 0.497 e. The number of methoxy groups -OCH3 is 1. The van der Waals surface area contributed by atoms with Crippen molar-refractivity contribution in [2.75, 3.05) is 25.1 Å². The Hall–Kier alpha value is -2.70. The number of rotatable bonds is 3. The summed E-state index contributed by atoms with van der Waals surface area (Å²) >= 11 is 0. The third-order valence-electron chi connectivity index (χ3n) is 6.16. The first-order chi connectivity index (χ1) is 13.6. The van der Waals surface area contributed by atoms with Gasteiger partial charge in [-0.3, -0.25) is 9.59 Å². The van der Waals surface area contributed by atoms with Crippen molar-refractivity contribution in [3.8, 4) is 5.75 Å². The summed E-state index contributed by atoms with van der Waals surface area (Å²) in [6.45, 7) is 3.76. The molecule has 2 amide bonds. The zero-order valence-corrected chi connectivity index (χ0v) is 16.0. The number of hydrogen-bond donors (Lipinski definition) is 0. The summed E-state index contributed by atoms with van der Waals surface area (Å²) in [4.78, 5) is 28.2. The van der Waals surface area contributed by atoms with Crippen molar-refractivity contribution in [2.24, 2.45) is 5.92 Å². The average Bonchev–Trinajstić information content (AvgIpc) is 3.35. The first kappa shape index (κ1) is 17.4. The third-order valence-corrected chi connectivity index (χ3v) is 6.16. The highest BCUT2D eigenvalue weighted by atomic mass is 16.5. The summed E-state index contributed by atoms with van der Waals surface area (Å²) < 4.78 is 5.20. The molecule has 0 radical (unpaired) electrons. The van der Waals surface area contributed by atoms with Crippen LogP contribution in [0, 0.1) is 12.8 Å². The van der Waals surface area contributed by atoms with Crippen molar-refractivity contribution in [3.05, 3.63) is 59.7 Å². The number of ether oxygens (including phenoxy) is 1. The molecule has 2 aromatic rings. The lowest BCUT2D eigenvalue weighted by Crippen LogP contribution is -2.44. The normalized spacial score (nSPS) is 27.4. The molecule has 0 aromatic heterocycles. The Bertz CT molecular complexity index is 925. The van der Waals surface area contributed by atoms with E-state index in [0.29, 0.717) is 11.4 Å². The van der Waals surface area contributed by atoms with E-state index in [2.05, 4.69) is 41.2 Å². The summed E-state index contributed by atoms with van der Waals surface area (Å²) in [5, 5.41) is 4.36. The Kier molecular flexibility index (Phi) is 4.00. The van der Waals surface area contributed by atoms with E-state index >= 15 is 0 Å². The standard InChI is InChI=1S/C22H23N3O3/c1-14-4-6-15(7-5-14)19-18-20(24-13-3-12-23(19)24)22(27)25(21(18)26)16-8-10-17(28-2)11-9-16/h4-11,18-20H,3,12-13H2,1-2H3. The molecule has 3 heterocycles. The van der Waals surface area contributed by atoms with Crippen LogP contribution in [-0.2, 0) is 9.59 Å². The first-order valence-electron chi connectivity index (χ1n) is 9.72. The Balaban J connectivity index is 1.55. The van der Waals surface area contributed by atoms with Crippen LogP contribution < -0.4 is 9.64 Å². The van der Waals surface area contributed by atoms with Gasteiger partial charge in [0.05, 0.1) is 24.8 Å². The van der Waals surface area contributed by atoms with Gasteiger partial charge in [0, 0.05) is 13.1 Å². The van der Waals surface area contributed by atoms with Gasteiger partial charge in [0.25, 0.3) is 5.91 Å². The lowest BCUT2D eigenvalue weighted by molar-refractivity contribution is -0.126. The van der Waals surface area contributed by atoms with E-state index in [-0.39, 0.29) is 23.8 Å². The summed E-state index contributed by atoms with van der Waals surface area (Å²) in [6.07, 6.45) is 1.01. The van der Waals surface area contributed by atoms with Crippen LogP contribution in [0.5, 0.6) is 5.75 Å². The van der Waals surface area contributed by atoms with Gasteiger partial charge >= 0.3 is 0 Å². The second kappa shape index (κ2) is 6.43. The van der Waals surface area contributed by atoms with Gasteiger partial charge < -0.3 is 4.74 Å². The monoisotopic (exact) mass is 377 g/mol. The fourth-order valence-electron chi connectivity index (χ4n) is 4.86. The van der Waals surface area contributed by atoms with Gasteiger partial charge in [-0.1, -0.05) is 29.8 Å². The molecule has 0 saturated carbocycles. The van der Waals surface area contributed by atoms with E-state index in [1.807, 2.05) is 0 Å². The number of carbonyl (C=O) groups is 2. The molecule has 3 aliphatic rings. The number of carbonyl (C=O) groups excluding carboxylic acids is 2. The van der Waals surface area contributed by atoms with E-state index in [4.69, 9.17) is 4.74 Å². The molecule has 3 unspecified atom stereocenters. The van der Waals surface area contributed by atoms with Gasteiger partial charge in [-0.15, -0.1) is 0 Å². The average molecular weight is 377 g/mol. The van der Waals surface area contributed by atoms with E-state index in [1.165, 1.54) is 10.5 Å². The van der Waals surface area contributed by atoms with Crippen LogP contribution in [0.3, 0.4) is 0 Å². The summed E-state index contributed by atoms with van der Waals surface area (Å²) in [6, 6.07) is 14.9. The molecule has 3 fully saturated rings. The number of hydrazine groups is 1. The number of anilines is 1. The number of nitrogens with zero attached hydrogens (tertiary/aromatic N) is 3. The number of benzene rings is 2. The van der Waals surface area contributed by atoms with E-state index in [0.717, 1.165) is 25.1 Å². The Morgan fingerprint density at radius 2 is 1.50 bits per heavy atom. The molecule has 2 aromatic carbocycles. The highest BCUT2D eigenvalue weighted by molar-refractivity contribution is 6.24. The molecule has 3 aliphatic heterocycles. The minimum atomic E-state index is -0.414. The van der Waals surface area contributed by atoms with Gasteiger partial charge in [-0.2, -0.15) is 0 Å². The predicted molar refractivity (Wildman–Crippen MR) is 105 cm³/mol. The van der Waals surface area contributed by atoms with Crippen molar-refractivity contribution in [2.45, 2.75) is 25.4 Å². The van der Waals surface area contributed by atoms with Crippen molar-refractivity contribution >= 4 is 17.5 Å². The number of aryl methyl sites for hydroxylation is 1. The Morgan fingerprint density at radius 3 is 2.14 bits per heavy atom. The summed E-state index contributed by atoms with van der Waals surface area (Å²) in [7, 11) is 1.60. The zero-order valence-electron chi connectivity index (χ0n) is 16.0. The maximum absolute atomic E-state index is 13.5. The summed E-state index contributed by atoms with van der Waals surface area (Å²) in [5.74, 6) is 0.0886. The van der Waals surface area contributed by atoms with Crippen LogP contribution in [-0.4, -0.2) is 48.1 Å². The van der Waals surface area contributed by atoms with Crippen LogP contribution in [0.25, 0.3) is 0 Å². The van der Waals surface area contributed by atoms with Gasteiger partial charge in [0.15, 0.2) is 0 Å². The fraction of sp³-hybridized carbons (Fsp3) is 0.364. The lowest BCUT2D eigenvalue weighted by atomic mass is 9.89. The fourth-order valence-corrected chi connectivity index (χ4v) is 4.86. The Morgan fingerprint density at radius 1 is 0.857 bits per heavy atom. The molecule has 0 aliphatic carbocycles. The van der Waals surface area contributed by atoms with Gasteiger partial charge in [-0.25, -0.2) is 14.9 Å². The molecule has 6 heteroatoms. The molecular weight excluding hydrogens is 354 g/mol. The van der Waals surface area contributed by atoms with Crippen molar-refractivity contribution in [1.29, 1.82) is 0 Å². The SMILES string of the molecule is COc1ccc(N2C(=O)C3C(C2=O)N2CCCN2C3c2ccc(C)cc2)cc1. The van der Waals surface area contributed by atoms with Crippen LogP contribution in [0.4, 0.5) is 5.69 Å². The van der Waals surface area contributed by atoms with Crippen LogP contribution >= 0.6 is 0 Å². The number of fused-ring (bicyclic) bond motifs is 3. The molecule has 28 heavy (non-hydrogen) atoms. The van der Waals surface area contributed by atoms with Crippen LogP contribution in [0.1, 0.15) is 23.6 Å². The molecule has 3 atom stereocenters. The summed E-state index contributed by atoms with van der Waals surface area (Å²) in [5.41, 5.74) is 2.89. The molecule has 0 N–H and O–H groups in total. The van der Waals surface area contributed by atoms with E-state index in [1.54, 1.807) is 31.4 Å². The first-order valence-corrected chi connectivity index (χ1v) is 9.72. The molecule has 144 valence electrons.